The number of pyridine rings is 1. The van der Waals surface area contributed by atoms with Gasteiger partial charge in [0.25, 0.3) is 0 Å². The van der Waals surface area contributed by atoms with E-state index < -0.39 is 24.6 Å². The number of benzene rings is 1. The first-order valence-corrected chi connectivity index (χ1v) is 9.31. The van der Waals surface area contributed by atoms with Gasteiger partial charge in [-0.05, 0) is 43.2 Å². The molecule has 2 aromatic rings. The number of hydrogen-bond donors (Lipinski definition) is 1. The lowest BCUT2D eigenvalue weighted by atomic mass is 9.88. The Bertz CT molecular complexity index is 907. The van der Waals surface area contributed by atoms with Gasteiger partial charge >= 0.3 is 12.2 Å². The number of urea groups is 1. The molecule has 2 bridgehead atoms. The van der Waals surface area contributed by atoms with Gasteiger partial charge in [-0.2, -0.15) is 13.2 Å². The lowest BCUT2D eigenvalue weighted by Gasteiger charge is -2.56. The van der Waals surface area contributed by atoms with E-state index in [0.717, 1.165) is 0 Å². The predicted octanol–water partition coefficient (Wildman–Crippen LogP) is 4.05. The van der Waals surface area contributed by atoms with Gasteiger partial charge in [0.15, 0.2) is 0 Å². The van der Waals surface area contributed by atoms with Crippen LogP contribution in [-0.4, -0.2) is 58.7 Å². The number of hydrogen-bond acceptors (Lipinski definition) is 3. The van der Waals surface area contributed by atoms with Crippen LogP contribution in [0.15, 0.2) is 36.5 Å². The Hall–Kier alpha value is -2.68. The molecule has 2 unspecified atom stereocenters. The second kappa shape index (κ2) is 7.29. The molecule has 0 aliphatic carbocycles. The van der Waals surface area contributed by atoms with Crippen molar-refractivity contribution in [3.05, 3.63) is 47.9 Å². The van der Waals surface area contributed by atoms with E-state index in [0.29, 0.717) is 23.2 Å². The Morgan fingerprint density at radius 2 is 1.97 bits per heavy atom. The summed E-state index contributed by atoms with van der Waals surface area (Å²) in [5.41, 5.74) is 2.06. The molecule has 2 saturated heterocycles. The topological polar surface area (TPSA) is 48.5 Å². The Kier molecular flexibility index (Phi) is 4.94. The van der Waals surface area contributed by atoms with Crippen molar-refractivity contribution in [1.82, 2.24) is 14.8 Å². The van der Waals surface area contributed by atoms with E-state index in [1.165, 1.54) is 21.9 Å². The summed E-state index contributed by atoms with van der Waals surface area (Å²) in [7, 11) is 0. The number of alkyl halides is 3. The fourth-order valence-corrected chi connectivity index (χ4v) is 4.16. The second-order valence-corrected chi connectivity index (χ2v) is 7.55. The first kappa shape index (κ1) is 19.6. The van der Waals surface area contributed by atoms with E-state index in [1.54, 1.807) is 25.3 Å². The first-order chi connectivity index (χ1) is 13.7. The van der Waals surface area contributed by atoms with Gasteiger partial charge in [0.2, 0.25) is 0 Å². The van der Waals surface area contributed by atoms with Crippen LogP contribution in [0.4, 0.5) is 28.0 Å². The van der Waals surface area contributed by atoms with Gasteiger partial charge in [-0.3, -0.25) is 9.88 Å². The van der Waals surface area contributed by atoms with Gasteiger partial charge in [-0.25, -0.2) is 9.18 Å². The van der Waals surface area contributed by atoms with Crippen LogP contribution in [0.5, 0.6) is 0 Å². The molecule has 29 heavy (non-hydrogen) atoms. The highest BCUT2D eigenvalue weighted by atomic mass is 19.4. The fraction of sp³-hybridized carbons (Fsp3) is 0.400. The van der Waals surface area contributed by atoms with Crippen molar-refractivity contribution in [2.45, 2.75) is 31.6 Å². The molecular formula is C20H20F4N4O. The minimum Gasteiger partial charge on any atom is -0.316 e. The summed E-state index contributed by atoms with van der Waals surface area (Å²) in [5.74, 6) is -0.570. The van der Waals surface area contributed by atoms with Gasteiger partial charge in [-0.1, -0.05) is 6.07 Å². The summed E-state index contributed by atoms with van der Waals surface area (Å²) in [5, 5.41) is 2.58. The summed E-state index contributed by atoms with van der Waals surface area (Å²) >= 11 is 0. The number of anilines is 1. The Morgan fingerprint density at radius 3 is 2.59 bits per heavy atom. The summed E-state index contributed by atoms with van der Waals surface area (Å²) in [6.07, 6.45) is -1.97. The maximum atomic E-state index is 14.4. The van der Waals surface area contributed by atoms with E-state index in [-0.39, 0.29) is 30.9 Å². The van der Waals surface area contributed by atoms with Gasteiger partial charge in [0.05, 0.1) is 17.9 Å². The van der Waals surface area contributed by atoms with Crippen molar-refractivity contribution in [3.63, 3.8) is 0 Å². The highest BCUT2D eigenvalue weighted by Crippen LogP contribution is 2.35. The van der Waals surface area contributed by atoms with Crippen LogP contribution in [0, 0.1) is 12.7 Å². The number of carbonyl (C=O) groups excluding carboxylic acids is 1. The van der Waals surface area contributed by atoms with Gasteiger partial charge in [0.1, 0.15) is 5.82 Å². The quantitative estimate of drug-likeness (QED) is 0.780. The number of aryl methyl sites for hydroxylation is 1. The van der Waals surface area contributed by atoms with E-state index in [2.05, 4.69) is 10.3 Å². The molecule has 154 valence electrons. The van der Waals surface area contributed by atoms with Gasteiger partial charge in [-0.15, -0.1) is 0 Å². The highest BCUT2D eigenvalue weighted by molar-refractivity contribution is 5.91. The fourth-order valence-electron chi connectivity index (χ4n) is 4.16. The number of nitrogens with one attached hydrogen (secondary N) is 1. The molecule has 0 saturated carbocycles. The largest absolute Gasteiger partial charge is 0.401 e. The third kappa shape index (κ3) is 4.05. The second-order valence-electron chi connectivity index (χ2n) is 7.55. The molecule has 2 aliphatic heterocycles. The van der Waals surface area contributed by atoms with Crippen LogP contribution < -0.4 is 5.32 Å². The standard InChI is InChI=1S/C20H20F4N4O/c1-12-6-16(21)18(8-15(12)17-4-2-3-5-25-17)26-19(29)28-13-7-14(28)10-27(9-13)11-20(22,23)24/h2-6,8,13-14H,7,9-11H2,1H3,(H,26,29). The van der Waals surface area contributed by atoms with E-state index in [1.807, 2.05) is 6.07 Å². The molecule has 2 fully saturated rings. The first-order valence-electron chi connectivity index (χ1n) is 9.31. The zero-order chi connectivity index (χ0) is 20.8. The minimum atomic E-state index is -4.26. The van der Waals surface area contributed by atoms with Crippen LogP contribution in [0.25, 0.3) is 11.3 Å². The van der Waals surface area contributed by atoms with E-state index in [4.69, 9.17) is 0 Å². The van der Waals surface area contributed by atoms with Crippen LogP contribution >= 0.6 is 0 Å². The molecule has 5 nitrogen and oxygen atoms in total. The molecule has 0 radical (unpaired) electrons. The molecule has 2 aliphatic rings. The number of likely N-dealkylation sites (tertiary alicyclic amines) is 2. The summed E-state index contributed by atoms with van der Waals surface area (Å²) in [6, 6.07) is 7.18. The number of amides is 2. The Balaban J connectivity index is 1.47. The normalized spacial score (nSPS) is 21.6. The zero-order valence-corrected chi connectivity index (χ0v) is 15.7. The third-order valence-electron chi connectivity index (χ3n) is 5.40. The monoisotopic (exact) mass is 408 g/mol. The molecule has 1 N–H and O–H groups in total. The Morgan fingerprint density at radius 1 is 1.24 bits per heavy atom. The average Bonchev–Trinajstić information content (AvgIpc) is 2.63. The van der Waals surface area contributed by atoms with Crippen LogP contribution in [0.3, 0.4) is 0 Å². The van der Waals surface area contributed by atoms with Crippen molar-refractivity contribution < 1.29 is 22.4 Å². The number of nitrogens with zero attached hydrogens (tertiary/aromatic N) is 3. The molecule has 2 amide bonds. The summed E-state index contributed by atoms with van der Waals surface area (Å²) in [4.78, 5) is 19.8. The number of carbonyl (C=O) groups is 1. The number of piperazine rings is 1. The van der Waals surface area contributed by atoms with Crippen LogP contribution in [0.2, 0.25) is 0 Å². The van der Waals surface area contributed by atoms with Crippen LogP contribution in [-0.2, 0) is 0 Å². The highest BCUT2D eigenvalue weighted by Gasteiger charge is 2.49. The SMILES string of the molecule is Cc1cc(F)c(NC(=O)N2C3CC2CN(CC(F)(F)F)C3)cc1-c1ccccn1. The molecule has 1 aromatic carbocycles. The smallest absolute Gasteiger partial charge is 0.316 e. The molecule has 2 atom stereocenters. The summed E-state index contributed by atoms with van der Waals surface area (Å²) in [6.45, 7) is 1.11. The Labute approximate surface area is 165 Å². The summed E-state index contributed by atoms with van der Waals surface area (Å²) < 4.78 is 52.2. The number of aromatic nitrogens is 1. The zero-order valence-electron chi connectivity index (χ0n) is 15.7. The van der Waals surface area contributed by atoms with Crippen LogP contribution in [0.1, 0.15) is 12.0 Å². The number of halogens is 4. The third-order valence-corrected chi connectivity index (χ3v) is 5.40. The van der Waals surface area contributed by atoms with Crippen molar-refractivity contribution in [2.75, 3.05) is 25.0 Å². The lowest BCUT2D eigenvalue weighted by Crippen LogP contribution is -2.71. The molecular weight excluding hydrogens is 388 g/mol. The van der Waals surface area contributed by atoms with Crippen molar-refractivity contribution in [1.29, 1.82) is 0 Å². The van der Waals surface area contributed by atoms with Crippen molar-refractivity contribution in [3.8, 4) is 11.3 Å². The maximum absolute atomic E-state index is 14.4. The molecule has 1 aromatic heterocycles. The van der Waals surface area contributed by atoms with E-state index in [9.17, 15) is 22.4 Å². The lowest BCUT2D eigenvalue weighted by molar-refractivity contribution is -0.161. The average molecular weight is 408 g/mol. The van der Waals surface area contributed by atoms with Gasteiger partial charge in [0, 0.05) is 36.9 Å². The molecule has 0 spiro atoms. The molecule has 4 rings (SSSR count). The number of piperidine rings is 1. The predicted molar refractivity (Wildman–Crippen MR) is 99.9 cm³/mol. The minimum absolute atomic E-state index is 0.0263. The van der Waals surface area contributed by atoms with Crippen molar-refractivity contribution in [2.24, 2.45) is 0 Å². The van der Waals surface area contributed by atoms with Gasteiger partial charge < -0.3 is 10.2 Å². The number of fused-ring (bicyclic) bond motifs is 2. The molecule has 9 heteroatoms. The number of rotatable bonds is 3. The van der Waals surface area contributed by atoms with Crippen molar-refractivity contribution >= 4 is 11.7 Å². The maximum Gasteiger partial charge on any atom is 0.401 e. The van der Waals surface area contributed by atoms with E-state index >= 15 is 0 Å². The molecule has 3 heterocycles.